The number of halogens is 6. The monoisotopic (exact) mass is 506 g/mol. The zero-order chi connectivity index (χ0) is 24.3. The van der Waals surface area contributed by atoms with Crippen molar-refractivity contribution in [2.24, 2.45) is 11.8 Å². The lowest BCUT2D eigenvalue weighted by Gasteiger charge is -2.38. The number of hydrogen-bond acceptors (Lipinski definition) is 7. The predicted molar refractivity (Wildman–Crippen MR) is 112 cm³/mol. The summed E-state index contributed by atoms with van der Waals surface area (Å²) in [5, 5.41) is 8.19. The highest BCUT2D eigenvalue weighted by atomic mass is 32.1. The van der Waals surface area contributed by atoms with Gasteiger partial charge in [0.1, 0.15) is 10.7 Å². The predicted octanol–water partition coefficient (Wildman–Crippen LogP) is 4.78. The zero-order valence-corrected chi connectivity index (χ0v) is 18.6. The normalized spacial score (nSPS) is 23.0. The lowest BCUT2D eigenvalue weighted by molar-refractivity contribution is -0.153. The minimum atomic E-state index is -4.77. The number of nitrogens with one attached hydrogen (secondary N) is 1. The second-order valence-electron chi connectivity index (χ2n) is 8.63. The summed E-state index contributed by atoms with van der Waals surface area (Å²) >= 11 is 1.43. The van der Waals surface area contributed by atoms with Gasteiger partial charge < -0.3 is 15.0 Å². The number of ether oxygens (including phenoxy) is 1. The minimum Gasteiger partial charge on any atom is -0.480 e. The topological polar surface area (TPSA) is 67.6 Å². The Morgan fingerprint density at radius 2 is 1.82 bits per heavy atom. The summed E-state index contributed by atoms with van der Waals surface area (Å²) in [4.78, 5) is 6.36. The van der Waals surface area contributed by atoms with Crippen molar-refractivity contribution in [3.8, 4) is 5.75 Å². The van der Waals surface area contributed by atoms with Gasteiger partial charge in [-0.1, -0.05) is 0 Å². The van der Waals surface area contributed by atoms with Crippen LogP contribution in [0.2, 0.25) is 0 Å². The zero-order valence-electron chi connectivity index (χ0n) is 17.8. The third kappa shape index (κ3) is 4.46. The Morgan fingerprint density at radius 1 is 1.12 bits per heavy atom. The van der Waals surface area contributed by atoms with E-state index >= 15 is 0 Å². The van der Waals surface area contributed by atoms with Crippen LogP contribution in [0.1, 0.15) is 24.2 Å². The molecular formula is C20H20F6N6OS. The van der Waals surface area contributed by atoms with Gasteiger partial charge in [-0.3, -0.25) is 0 Å². The van der Waals surface area contributed by atoms with E-state index in [1.54, 1.807) is 0 Å². The van der Waals surface area contributed by atoms with Crippen LogP contribution in [0.15, 0.2) is 18.2 Å². The van der Waals surface area contributed by atoms with Crippen LogP contribution in [0.25, 0.3) is 5.65 Å². The fraction of sp³-hybridized carbons (Fsp3) is 0.550. The summed E-state index contributed by atoms with van der Waals surface area (Å²) in [6.07, 6.45) is -7.54. The third-order valence-corrected chi connectivity index (χ3v) is 7.13. The van der Waals surface area contributed by atoms with Crippen molar-refractivity contribution in [1.82, 2.24) is 19.0 Å². The minimum absolute atomic E-state index is 0.0587. The van der Waals surface area contributed by atoms with Crippen molar-refractivity contribution in [3.05, 3.63) is 29.6 Å². The molecule has 4 heterocycles. The van der Waals surface area contributed by atoms with Gasteiger partial charge in [0.2, 0.25) is 5.95 Å². The highest BCUT2D eigenvalue weighted by Crippen LogP contribution is 2.41. The number of alkyl halides is 6. The lowest BCUT2D eigenvalue weighted by atomic mass is 9.92. The van der Waals surface area contributed by atoms with Crippen molar-refractivity contribution in [2.75, 3.05) is 29.9 Å². The van der Waals surface area contributed by atoms with Gasteiger partial charge in [0, 0.05) is 19.1 Å². The molecule has 3 aromatic heterocycles. The van der Waals surface area contributed by atoms with Crippen LogP contribution in [0.4, 0.5) is 37.3 Å². The first kappa shape index (κ1) is 23.0. The first-order valence-corrected chi connectivity index (χ1v) is 11.4. The molecule has 0 radical (unpaired) electrons. The molecule has 1 N–H and O–H groups in total. The van der Waals surface area contributed by atoms with Crippen LogP contribution < -0.4 is 15.0 Å². The molecule has 2 aliphatic rings. The summed E-state index contributed by atoms with van der Waals surface area (Å²) in [5.74, 6) is -0.0617. The van der Waals surface area contributed by atoms with Crippen LogP contribution in [-0.2, 0) is 6.18 Å². The Labute approximate surface area is 193 Å². The molecule has 1 unspecified atom stereocenters. The van der Waals surface area contributed by atoms with E-state index in [0.717, 1.165) is 42.7 Å². The molecule has 1 saturated carbocycles. The lowest BCUT2D eigenvalue weighted by Crippen LogP contribution is -2.48. The summed E-state index contributed by atoms with van der Waals surface area (Å²) in [7, 11) is 0. The Balaban J connectivity index is 1.41. The summed E-state index contributed by atoms with van der Waals surface area (Å²) in [5.41, 5.74) is -0.627. The van der Waals surface area contributed by atoms with Gasteiger partial charge in [-0.15, -0.1) is 5.10 Å². The molecule has 2 fully saturated rings. The Kier molecular flexibility index (Phi) is 5.52. The Hall–Kier alpha value is -2.77. The van der Waals surface area contributed by atoms with E-state index in [9.17, 15) is 26.3 Å². The first-order chi connectivity index (χ1) is 16.0. The van der Waals surface area contributed by atoms with E-state index in [1.165, 1.54) is 11.5 Å². The molecule has 3 aromatic rings. The number of rotatable bonds is 5. The number of nitrogens with zero attached hydrogens (tertiary/aromatic N) is 5. The molecule has 7 nitrogen and oxygen atoms in total. The molecule has 184 valence electrons. The van der Waals surface area contributed by atoms with Gasteiger partial charge >= 0.3 is 12.4 Å². The van der Waals surface area contributed by atoms with Crippen molar-refractivity contribution < 1.29 is 31.1 Å². The molecule has 1 aliphatic heterocycles. The van der Waals surface area contributed by atoms with Crippen molar-refractivity contribution in [2.45, 2.75) is 38.2 Å². The molecule has 0 aromatic carbocycles. The molecule has 1 saturated heterocycles. The van der Waals surface area contributed by atoms with Gasteiger partial charge in [0.15, 0.2) is 18.0 Å². The highest BCUT2D eigenvalue weighted by molar-refractivity contribution is 7.10. The van der Waals surface area contributed by atoms with Crippen LogP contribution in [0, 0.1) is 18.8 Å². The second-order valence-corrected chi connectivity index (χ2v) is 9.42. The first-order valence-electron chi connectivity index (χ1n) is 10.6. The van der Waals surface area contributed by atoms with E-state index in [2.05, 4.69) is 24.7 Å². The Morgan fingerprint density at radius 3 is 2.41 bits per heavy atom. The average molecular weight is 506 g/mol. The number of pyridine rings is 1. The number of hydrogen-bond donors (Lipinski definition) is 1. The molecule has 0 amide bonds. The van der Waals surface area contributed by atoms with E-state index < -0.39 is 36.1 Å². The molecule has 1 aliphatic carbocycles. The second kappa shape index (κ2) is 8.17. The Bertz CT molecular complexity index is 1180. The quantitative estimate of drug-likeness (QED) is 0.503. The van der Waals surface area contributed by atoms with Crippen LogP contribution >= 0.6 is 11.5 Å². The average Bonchev–Trinajstić information content (AvgIpc) is 3.41. The van der Waals surface area contributed by atoms with E-state index in [4.69, 9.17) is 4.74 Å². The maximum absolute atomic E-state index is 13.5. The molecule has 14 heteroatoms. The van der Waals surface area contributed by atoms with Crippen molar-refractivity contribution in [3.63, 3.8) is 0 Å². The maximum atomic E-state index is 13.5. The maximum Gasteiger partial charge on any atom is 0.433 e. The van der Waals surface area contributed by atoms with Gasteiger partial charge in [-0.2, -0.15) is 35.7 Å². The van der Waals surface area contributed by atoms with Crippen LogP contribution in [0.3, 0.4) is 0 Å². The largest absolute Gasteiger partial charge is 0.480 e. The van der Waals surface area contributed by atoms with Gasteiger partial charge in [0.25, 0.3) is 0 Å². The van der Waals surface area contributed by atoms with E-state index in [-0.39, 0.29) is 23.8 Å². The standard InChI is InChI=1S/C20H20F6N6OS/c1-10-6-15(34-30-10)31-7-11-2-3-12(8-31)16(11)27-18-28-17-13(33-9-19(21,22)23)4-5-14(20(24,25)26)32(17)29-18/h4-6,11-12,16H,2-3,7-9H2,1H3,(H,27,29)/t11-,12?,16-/m0/s1. The number of anilines is 2. The summed E-state index contributed by atoms with van der Waals surface area (Å²) < 4.78 is 87.8. The van der Waals surface area contributed by atoms with Gasteiger partial charge in [0.05, 0.1) is 5.69 Å². The molecule has 3 atom stereocenters. The van der Waals surface area contributed by atoms with E-state index in [0.29, 0.717) is 10.6 Å². The van der Waals surface area contributed by atoms with Gasteiger partial charge in [-0.05, 0) is 61.3 Å². The van der Waals surface area contributed by atoms with Gasteiger partial charge in [-0.25, -0.2) is 4.52 Å². The fourth-order valence-electron chi connectivity index (χ4n) is 4.77. The molecule has 2 bridgehead atoms. The van der Waals surface area contributed by atoms with Crippen molar-refractivity contribution >= 4 is 28.1 Å². The fourth-order valence-corrected chi connectivity index (χ4v) is 5.55. The number of aryl methyl sites for hydroxylation is 1. The van der Waals surface area contributed by atoms with Crippen LogP contribution in [0.5, 0.6) is 5.75 Å². The van der Waals surface area contributed by atoms with Crippen molar-refractivity contribution in [1.29, 1.82) is 0 Å². The van der Waals surface area contributed by atoms with Crippen LogP contribution in [-0.4, -0.2) is 50.9 Å². The number of fused-ring (bicyclic) bond motifs is 3. The summed E-state index contributed by atoms with van der Waals surface area (Å²) in [6, 6.07) is 3.44. The molecule has 0 spiro atoms. The van der Waals surface area contributed by atoms with E-state index in [1.807, 2.05) is 13.0 Å². The SMILES string of the molecule is Cc1cc(N2CC3CC[C@@H](C2)[C@@H]3Nc2nc3c(OCC(F)(F)F)ccc(C(F)(F)F)n3n2)sn1. The number of aromatic nitrogens is 4. The number of piperidine rings is 1. The third-order valence-electron chi connectivity index (χ3n) is 6.19. The summed E-state index contributed by atoms with van der Waals surface area (Å²) in [6.45, 7) is 1.80. The molecule has 34 heavy (non-hydrogen) atoms. The smallest absolute Gasteiger partial charge is 0.433 e. The molecule has 5 rings (SSSR count). The highest BCUT2D eigenvalue weighted by Gasteiger charge is 2.43. The molecular weight excluding hydrogens is 486 g/mol.